The van der Waals surface area contributed by atoms with Gasteiger partial charge < -0.3 is 0 Å². The summed E-state index contributed by atoms with van der Waals surface area (Å²) in [5.41, 5.74) is 4.29. The highest BCUT2D eigenvalue weighted by molar-refractivity contribution is 7.77. The Morgan fingerprint density at radius 3 is 1.88 bits per heavy atom. The Kier molecular flexibility index (Phi) is 4.97. The van der Waals surface area contributed by atoms with Crippen molar-refractivity contribution in [3.05, 3.63) is 84.0 Å². The van der Waals surface area contributed by atoms with Crippen molar-refractivity contribution >= 4 is 7.26 Å². The predicted octanol–water partition coefficient (Wildman–Crippen LogP) is 6.65. The third-order valence-electron chi connectivity index (χ3n) is 6.30. The van der Waals surface area contributed by atoms with Crippen LogP contribution in [0, 0.1) is 6.92 Å². The first kappa shape index (κ1) is 17.4. The van der Waals surface area contributed by atoms with Gasteiger partial charge in [-0.2, -0.15) is 0 Å². The third-order valence-corrected chi connectivity index (χ3v) is 12.5. The van der Waals surface area contributed by atoms with E-state index < -0.39 is 7.26 Å². The molecule has 0 radical (unpaired) electrons. The first-order chi connectivity index (χ1) is 11.5. The topological polar surface area (TPSA) is 0 Å². The Morgan fingerprint density at radius 1 is 0.875 bits per heavy atom. The van der Waals surface area contributed by atoms with Crippen LogP contribution in [0.4, 0.5) is 0 Å². The molecule has 0 nitrogen and oxygen atoms in total. The molecule has 0 spiro atoms. The molecule has 126 valence electrons. The zero-order valence-electron chi connectivity index (χ0n) is 15.4. The standard InChI is InChI=1S/C23H30P/c1-19-13-11-12-18-22(19)23(2,3)24(4,20-14-7-5-8-15-20)21-16-9-6-10-17-21/h5-14,16,18,20-21H,15,17H2,1-4H3/q+1. The molecule has 2 atom stereocenters. The van der Waals surface area contributed by atoms with Gasteiger partial charge in [0.1, 0.15) is 5.16 Å². The van der Waals surface area contributed by atoms with Gasteiger partial charge in [0.25, 0.3) is 0 Å². The number of hydrogen-bond donors (Lipinski definition) is 0. The molecular formula is C23H30P+. The second kappa shape index (κ2) is 6.85. The van der Waals surface area contributed by atoms with Crippen LogP contribution in [0.15, 0.2) is 72.9 Å². The van der Waals surface area contributed by atoms with Crippen molar-refractivity contribution in [1.29, 1.82) is 0 Å². The second-order valence-electron chi connectivity index (χ2n) is 7.75. The molecule has 0 fully saturated rings. The van der Waals surface area contributed by atoms with E-state index in [1.165, 1.54) is 24.0 Å². The van der Waals surface area contributed by atoms with Crippen LogP contribution in [-0.2, 0) is 5.16 Å². The number of benzene rings is 1. The van der Waals surface area contributed by atoms with Gasteiger partial charge in [0.15, 0.2) is 0 Å². The first-order valence-electron chi connectivity index (χ1n) is 9.06. The molecule has 1 heteroatoms. The summed E-state index contributed by atoms with van der Waals surface area (Å²) in [5.74, 6) is 0. The SMILES string of the molecule is Cc1ccccc1C(C)(C)[P+](C)(C1C=CC=CC1)C1C=CC=CC1. The van der Waals surface area contributed by atoms with Crippen LogP contribution in [0.1, 0.15) is 37.8 Å². The summed E-state index contributed by atoms with van der Waals surface area (Å²) in [4.78, 5) is 0. The Hall–Kier alpha value is -1.39. The average Bonchev–Trinajstić information content (AvgIpc) is 2.62. The van der Waals surface area contributed by atoms with Crippen LogP contribution in [0.3, 0.4) is 0 Å². The van der Waals surface area contributed by atoms with Crippen LogP contribution < -0.4 is 0 Å². The molecule has 0 heterocycles. The van der Waals surface area contributed by atoms with Gasteiger partial charge >= 0.3 is 0 Å². The molecule has 0 saturated heterocycles. The van der Waals surface area contributed by atoms with E-state index in [4.69, 9.17) is 0 Å². The minimum Gasteiger partial charge on any atom is -0.0803 e. The highest BCUT2D eigenvalue weighted by Crippen LogP contribution is 2.78. The largest absolute Gasteiger partial charge is 0.100 e. The summed E-state index contributed by atoms with van der Waals surface area (Å²) < 4.78 is 0. The van der Waals surface area contributed by atoms with Gasteiger partial charge in [-0.3, -0.25) is 0 Å². The molecule has 24 heavy (non-hydrogen) atoms. The van der Waals surface area contributed by atoms with Crippen molar-refractivity contribution < 1.29 is 0 Å². The molecular weight excluding hydrogens is 307 g/mol. The van der Waals surface area contributed by atoms with Gasteiger partial charge in [0.05, 0.1) is 18.0 Å². The van der Waals surface area contributed by atoms with Crippen molar-refractivity contribution in [3.63, 3.8) is 0 Å². The molecule has 0 aliphatic heterocycles. The molecule has 0 aromatic heterocycles. The Balaban J connectivity index is 2.11. The number of aryl methyl sites for hydroxylation is 1. The van der Waals surface area contributed by atoms with Crippen LogP contribution >= 0.6 is 7.26 Å². The van der Waals surface area contributed by atoms with Crippen molar-refractivity contribution in [2.75, 3.05) is 6.66 Å². The monoisotopic (exact) mass is 337 g/mol. The van der Waals surface area contributed by atoms with Gasteiger partial charge in [0, 0.05) is 20.1 Å². The van der Waals surface area contributed by atoms with E-state index in [1.807, 2.05) is 0 Å². The van der Waals surface area contributed by atoms with Gasteiger partial charge in [0.2, 0.25) is 0 Å². The van der Waals surface area contributed by atoms with Gasteiger partial charge in [-0.25, -0.2) is 0 Å². The quantitative estimate of drug-likeness (QED) is 0.540. The fraction of sp³-hybridized carbons (Fsp3) is 0.391. The normalized spacial score (nSPS) is 25.7. The Bertz CT molecular complexity index is 673. The maximum atomic E-state index is 2.63. The van der Waals surface area contributed by atoms with Gasteiger partial charge in [-0.05, 0) is 44.1 Å². The highest BCUT2D eigenvalue weighted by atomic mass is 31.2. The molecule has 2 aliphatic carbocycles. The maximum absolute atomic E-state index is 2.63. The predicted molar refractivity (Wildman–Crippen MR) is 110 cm³/mol. The summed E-state index contributed by atoms with van der Waals surface area (Å²) in [6, 6.07) is 9.01. The molecule has 0 N–H and O–H groups in total. The van der Waals surface area contributed by atoms with Crippen LogP contribution in [0.5, 0.6) is 0 Å². The fourth-order valence-corrected chi connectivity index (χ4v) is 9.48. The molecule has 2 aliphatic rings. The van der Waals surface area contributed by atoms with E-state index in [9.17, 15) is 0 Å². The van der Waals surface area contributed by atoms with E-state index in [2.05, 4.69) is 100 Å². The Labute approximate surface area is 148 Å². The summed E-state index contributed by atoms with van der Waals surface area (Å²) in [6.07, 6.45) is 21.0. The summed E-state index contributed by atoms with van der Waals surface area (Å²) in [7, 11) is -1.35. The van der Waals surface area contributed by atoms with E-state index in [0.717, 1.165) is 0 Å². The summed E-state index contributed by atoms with van der Waals surface area (Å²) >= 11 is 0. The maximum Gasteiger partial charge on any atom is 0.100 e. The smallest absolute Gasteiger partial charge is 0.0803 e. The molecule has 3 rings (SSSR count). The lowest BCUT2D eigenvalue weighted by atomic mass is 9.97. The summed E-state index contributed by atoms with van der Waals surface area (Å²) in [5, 5.41) is 0.193. The number of rotatable bonds is 4. The molecule has 0 saturated carbocycles. The zero-order valence-corrected chi connectivity index (χ0v) is 16.3. The lowest BCUT2D eigenvalue weighted by molar-refractivity contribution is 0.713. The average molecular weight is 337 g/mol. The second-order valence-corrected chi connectivity index (χ2v) is 12.5. The molecule has 1 aromatic carbocycles. The molecule has 2 unspecified atom stereocenters. The van der Waals surface area contributed by atoms with Crippen molar-refractivity contribution in [3.8, 4) is 0 Å². The number of allylic oxidation sites excluding steroid dienone is 8. The van der Waals surface area contributed by atoms with Crippen molar-refractivity contribution in [1.82, 2.24) is 0 Å². The van der Waals surface area contributed by atoms with E-state index >= 15 is 0 Å². The molecule has 1 aromatic rings. The first-order valence-corrected chi connectivity index (χ1v) is 11.4. The lowest BCUT2D eigenvalue weighted by Gasteiger charge is -2.47. The van der Waals surface area contributed by atoms with Crippen LogP contribution in [0.25, 0.3) is 0 Å². The van der Waals surface area contributed by atoms with Crippen LogP contribution in [0.2, 0.25) is 0 Å². The van der Waals surface area contributed by atoms with E-state index in [-0.39, 0.29) is 5.16 Å². The zero-order chi connectivity index (χ0) is 17.2. The lowest BCUT2D eigenvalue weighted by Crippen LogP contribution is -2.36. The highest BCUT2D eigenvalue weighted by Gasteiger charge is 2.57. The molecule has 0 amide bonds. The van der Waals surface area contributed by atoms with Gasteiger partial charge in [-0.1, -0.05) is 60.7 Å². The number of hydrogen-bond acceptors (Lipinski definition) is 0. The molecule has 0 bridgehead atoms. The third kappa shape index (κ3) is 2.86. The van der Waals surface area contributed by atoms with Crippen molar-refractivity contribution in [2.24, 2.45) is 0 Å². The Morgan fingerprint density at radius 2 is 1.42 bits per heavy atom. The fourth-order valence-electron chi connectivity index (χ4n) is 4.52. The van der Waals surface area contributed by atoms with Gasteiger partial charge in [-0.15, -0.1) is 0 Å². The minimum absolute atomic E-state index is 0.193. The van der Waals surface area contributed by atoms with E-state index in [1.54, 1.807) is 0 Å². The van der Waals surface area contributed by atoms with Crippen molar-refractivity contribution in [2.45, 2.75) is 50.1 Å². The minimum atomic E-state index is -1.35. The van der Waals surface area contributed by atoms with E-state index in [0.29, 0.717) is 11.3 Å². The summed E-state index contributed by atoms with van der Waals surface area (Å²) in [6.45, 7) is 9.90. The van der Waals surface area contributed by atoms with Crippen LogP contribution in [-0.4, -0.2) is 18.0 Å².